The fourth-order valence-corrected chi connectivity index (χ4v) is 3.74. The highest BCUT2D eigenvalue weighted by Crippen LogP contribution is 2.31. The summed E-state index contributed by atoms with van der Waals surface area (Å²) in [7, 11) is 0. The molecule has 0 radical (unpaired) electrons. The number of carbonyl (C=O) groups is 2. The van der Waals surface area contributed by atoms with Gasteiger partial charge in [-0.15, -0.1) is 11.3 Å². The van der Waals surface area contributed by atoms with Crippen LogP contribution in [0.3, 0.4) is 0 Å². The lowest BCUT2D eigenvalue weighted by Gasteiger charge is -2.14. The van der Waals surface area contributed by atoms with Crippen LogP contribution in [0.4, 0.5) is 0 Å². The molecule has 0 spiro atoms. The number of hydrazine groups is 1. The number of nitrogens with one attached hydrogen (secondary N) is 1. The first-order valence-electron chi connectivity index (χ1n) is 6.74. The van der Waals surface area contributed by atoms with E-state index in [1.165, 1.54) is 23.1 Å². The molecule has 1 saturated heterocycles. The predicted molar refractivity (Wildman–Crippen MR) is 98.0 cm³/mol. The van der Waals surface area contributed by atoms with Crippen molar-refractivity contribution < 1.29 is 9.59 Å². The third kappa shape index (κ3) is 3.52. The molecule has 1 aliphatic rings. The molecule has 0 unspecified atom stereocenters. The van der Waals surface area contributed by atoms with Crippen molar-refractivity contribution in [1.82, 2.24) is 10.4 Å². The number of thioether (sulfide) groups is 1. The predicted octanol–water partition coefficient (Wildman–Crippen LogP) is 3.60. The summed E-state index contributed by atoms with van der Waals surface area (Å²) >= 11 is 7.68. The van der Waals surface area contributed by atoms with E-state index >= 15 is 0 Å². The third-order valence-corrected chi connectivity index (χ3v) is 5.30. The molecule has 0 atom stereocenters. The standard InChI is InChI=1S/C16H12N2O2S3/c1-10-4-6-11(7-5-10)9-13-15(20)18(16(21)23-13)17-14(19)12-3-2-8-22-12/h2-9H,1H3,(H,17,19)/b13-9+. The van der Waals surface area contributed by atoms with Gasteiger partial charge in [0.1, 0.15) is 0 Å². The van der Waals surface area contributed by atoms with E-state index in [1.54, 1.807) is 23.6 Å². The van der Waals surface area contributed by atoms with Gasteiger partial charge in [0.15, 0.2) is 4.32 Å². The minimum Gasteiger partial charge on any atom is -0.266 e. The van der Waals surface area contributed by atoms with Gasteiger partial charge in [-0.05, 0) is 42.2 Å². The van der Waals surface area contributed by atoms with Gasteiger partial charge >= 0.3 is 0 Å². The highest BCUT2D eigenvalue weighted by atomic mass is 32.2. The molecule has 1 aromatic carbocycles. The van der Waals surface area contributed by atoms with E-state index in [0.29, 0.717) is 14.1 Å². The number of rotatable bonds is 3. The zero-order valence-electron chi connectivity index (χ0n) is 12.1. The quantitative estimate of drug-likeness (QED) is 0.671. The van der Waals surface area contributed by atoms with Crippen LogP contribution >= 0.6 is 35.3 Å². The van der Waals surface area contributed by atoms with Crippen LogP contribution in [0.5, 0.6) is 0 Å². The summed E-state index contributed by atoms with van der Waals surface area (Å²) in [5, 5.41) is 2.93. The second-order valence-corrected chi connectivity index (χ2v) is 7.47. The Labute approximate surface area is 147 Å². The van der Waals surface area contributed by atoms with Crippen molar-refractivity contribution in [1.29, 1.82) is 0 Å². The Morgan fingerprint density at radius 2 is 2.00 bits per heavy atom. The average Bonchev–Trinajstić information content (AvgIpc) is 3.14. The van der Waals surface area contributed by atoms with E-state index in [-0.39, 0.29) is 11.8 Å². The van der Waals surface area contributed by atoms with Crippen LogP contribution in [-0.4, -0.2) is 21.1 Å². The molecule has 7 heteroatoms. The number of carbonyl (C=O) groups excluding carboxylic acids is 2. The van der Waals surface area contributed by atoms with E-state index in [4.69, 9.17) is 12.2 Å². The number of thiocarbonyl (C=S) groups is 1. The van der Waals surface area contributed by atoms with E-state index in [0.717, 1.165) is 16.1 Å². The Kier molecular flexibility index (Phi) is 4.61. The van der Waals surface area contributed by atoms with Gasteiger partial charge in [0.05, 0.1) is 9.78 Å². The van der Waals surface area contributed by atoms with Crippen molar-refractivity contribution in [3.63, 3.8) is 0 Å². The summed E-state index contributed by atoms with van der Waals surface area (Å²) in [6.45, 7) is 2.00. The molecular weight excluding hydrogens is 348 g/mol. The minimum atomic E-state index is -0.340. The highest BCUT2D eigenvalue weighted by molar-refractivity contribution is 8.26. The van der Waals surface area contributed by atoms with Crippen LogP contribution in [0.25, 0.3) is 6.08 Å². The number of hydrogen-bond donors (Lipinski definition) is 1. The van der Waals surface area contributed by atoms with E-state index < -0.39 is 0 Å². The number of thiophene rings is 1. The van der Waals surface area contributed by atoms with Gasteiger partial charge < -0.3 is 0 Å². The van der Waals surface area contributed by atoms with Gasteiger partial charge in [-0.25, -0.2) is 0 Å². The lowest BCUT2D eigenvalue weighted by atomic mass is 10.1. The minimum absolute atomic E-state index is 0.314. The van der Waals surface area contributed by atoms with Crippen molar-refractivity contribution in [2.24, 2.45) is 0 Å². The molecule has 1 aliphatic heterocycles. The molecule has 0 saturated carbocycles. The van der Waals surface area contributed by atoms with Crippen molar-refractivity contribution >= 4 is 57.5 Å². The first kappa shape index (κ1) is 15.9. The zero-order chi connectivity index (χ0) is 16.4. The molecule has 2 aromatic rings. The number of aryl methyl sites for hydroxylation is 1. The lowest BCUT2D eigenvalue weighted by Crippen LogP contribution is -2.44. The molecule has 2 amide bonds. The van der Waals surface area contributed by atoms with Crippen LogP contribution in [0.1, 0.15) is 20.8 Å². The molecule has 0 bridgehead atoms. The van der Waals surface area contributed by atoms with Crippen LogP contribution in [0.15, 0.2) is 46.7 Å². The van der Waals surface area contributed by atoms with Gasteiger partial charge in [0.2, 0.25) is 0 Å². The van der Waals surface area contributed by atoms with Gasteiger partial charge in [-0.2, -0.15) is 5.01 Å². The Balaban J connectivity index is 1.77. The molecule has 2 heterocycles. The maximum Gasteiger partial charge on any atom is 0.285 e. The highest BCUT2D eigenvalue weighted by Gasteiger charge is 2.33. The van der Waals surface area contributed by atoms with E-state index in [9.17, 15) is 9.59 Å². The Bertz CT molecular complexity index is 795. The number of hydrogen-bond acceptors (Lipinski definition) is 5. The summed E-state index contributed by atoms with van der Waals surface area (Å²) in [4.78, 5) is 25.5. The topological polar surface area (TPSA) is 49.4 Å². The molecule has 4 nitrogen and oxygen atoms in total. The van der Waals surface area contributed by atoms with Crippen LogP contribution in [0, 0.1) is 6.92 Å². The number of benzene rings is 1. The fourth-order valence-electron chi connectivity index (χ4n) is 1.94. The average molecular weight is 360 g/mol. The van der Waals surface area contributed by atoms with Crippen LogP contribution < -0.4 is 5.43 Å². The normalized spacial score (nSPS) is 16.2. The van der Waals surface area contributed by atoms with Crippen LogP contribution in [0.2, 0.25) is 0 Å². The van der Waals surface area contributed by atoms with Gasteiger partial charge in [0.25, 0.3) is 11.8 Å². The Hall–Kier alpha value is -1.96. The van der Waals surface area contributed by atoms with Gasteiger partial charge in [0, 0.05) is 0 Å². The van der Waals surface area contributed by atoms with Crippen molar-refractivity contribution in [2.45, 2.75) is 6.92 Å². The summed E-state index contributed by atoms with van der Waals surface area (Å²) in [6, 6.07) is 11.3. The fraction of sp³-hybridized carbons (Fsp3) is 0.0625. The Morgan fingerprint density at radius 3 is 2.65 bits per heavy atom. The molecule has 1 fully saturated rings. The molecule has 23 heavy (non-hydrogen) atoms. The van der Waals surface area contributed by atoms with E-state index in [1.807, 2.05) is 31.2 Å². The molecule has 3 rings (SSSR count). The Morgan fingerprint density at radius 1 is 1.26 bits per heavy atom. The van der Waals surface area contributed by atoms with Gasteiger partial charge in [-0.1, -0.05) is 47.7 Å². The number of amides is 2. The summed E-state index contributed by atoms with van der Waals surface area (Å²) in [5.74, 6) is -0.654. The smallest absolute Gasteiger partial charge is 0.266 e. The maximum absolute atomic E-state index is 12.4. The SMILES string of the molecule is Cc1ccc(/C=C2/SC(=S)N(NC(=O)c3cccs3)C2=O)cc1. The second-order valence-electron chi connectivity index (χ2n) is 4.85. The monoisotopic (exact) mass is 360 g/mol. The lowest BCUT2D eigenvalue weighted by molar-refractivity contribution is -0.123. The summed E-state index contributed by atoms with van der Waals surface area (Å²) in [5.41, 5.74) is 4.63. The van der Waals surface area contributed by atoms with Crippen molar-refractivity contribution in [2.75, 3.05) is 0 Å². The molecular formula is C16H12N2O2S3. The molecule has 1 N–H and O–H groups in total. The molecule has 116 valence electrons. The second kappa shape index (κ2) is 6.66. The molecule has 1 aromatic heterocycles. The number of nitrogens with zero attached hydrogens (tertiary/aromatic N) is 1. The van der Waals surface area contributed by atoms with Crippen LogP contribution in [-0.2, 0) is 4.79 Å². The third-order valence-electron chi connectivity index (χ3n) is 3.13. The van der Waals surface area contributed by atoms with E-state index in [2.05, 4.69) is 5.43 Å². The first-order chi connectivity index (χ1) is 11.0. The molecule has 0 aliphatic carbocycles. The van der Waals surface area contributed by atoms with Gasteiger partial charge in [-0.3, -0.25) is 15.0 Å². The zero-order valence-corrected chi connectivity index (χ0v) is 14.6. The van der Waals surface area contributed by atoms with Crippen molar-refractivity contribution in [3.8, 4) is 0 Å². The maximum atomic E-state index is 12.4. The van der Waals surface area contributed by atoms with Crippen molar-refractivity contribution in [3.05, 3.63) is 62.7 Å². The summed E-state index contributed by atoms with van der Waals surface area (Å²) < 4.78 is 0.318. The first-order valence-corrected chi connectivity index (χ1v) is 8.84. The largest absolute Gasteiger partial charge is 0.285 e. The summed E-state index contributed by atoms with van der Waals surface area (Å²) in [6.07, 6.45) is 1.77.